The fourth-order valence-electron chi connectivity index (χ4n) is 4.42. The number of primary amides is 1. The fraction of sp³-hybridized carbons (Fsp3) is 0.417. The molecule has 2 aromatic carbocycles. The molecule has 2 aliphatic heterocycles. The minimum absolute atomic E-state index is 0.101. The maximum atomic E-state index is 13.2. The second-order valence-electron chi connectivity index (χ2n) is 8.23. The van der Waals surface area contributed by atoms with Crippen LogP contribution in [0.3, 0.4) is 0 Å². The molecule has 0 saturated carbocycles. The molecule has 1 fully saturated rings. The molecule has 158 valence electrons. The van der Waals surface area contributed by atoms with Gasteiger partial charge in [-0.05, 0) is 43.0 Å². The first-order valence-electron chi connectivity index (χ1n) is 10.5. The van der Waals surface area contributed by atoms with Crippen LogP contribution in [0.4, 0.5) is 4.79 Å². The van der Waals surface area contributed by atoms with Crippen molar-refractivity contribution in [1.82, 2.24) is 4.90 Å². The lowest BCUT2D eigenvalue weighted by atomic mass is 9.87. The summed E-state index contributed by atoms with van der Waals surface area (Å²) >= 11 is 0. The van der Waals surface area contributed by atoms with E-state index in [1.54, 1.807) is 4.90 Å². The van der Waals surface area contributed by atoms with Gasteiger partial charge in [-0.1, -0.05) is 36.4 Å². The highest BCUT2D eigenvalue weighted by molar-refractivity contribution is 5.80. The van der Waals surface area contributed by atoms with Gasteiger partial charge in [0.25, 0.3) is 0 Å². The van der Waals surface area contributed by atoms with Crippen LogP contribution in [0.25, 0.3) is 0 Å². The number of aryl methyl sites for hydroxylation is 2. The Morgan fingerprint density at radius 1 is 1.10 bits per heavy atom. The summed E-state index contributed by atoms with van der Waals surface area (Å²) in [6.07, 6.45) is 0.871. The molecule has 3 atom stereocenters. The number of benzene rings is 2. The SMILES string of the molecule is Cc1cc2c(cc1C)C(C(=O)OC1CCN(C(N)=O)CC1c1ccccc1)CCO2. The average molecular weight is 408 g/mol. The number of carbonyl (C=O) groups excluding carboxylic acids is 2. The zero-order valence-electron chi connectivity index (χ0n) is 17.5. The van der Waals surface area contributed by atoms with Gasteiger partial charge in [-0.3, -0.25) is 4.79 Å². The van der Waals surface area contributed by atoms with Crippen LogP contribution in [-0.2, 0) is 9.53 Å². The lowest BCUT2D eigenvalue weighted by Gasteiger charge is -2.38. The molecule has 6 nitrogen and oxygen atoms in total. The third-order valence-corrected chi connectivity index (χ3v) is 6.31. The molecule has 0 aromatic heterocycles. The van der Waals surface area contributed by atoms with Gasteiger partial charge >= 0.3 is 12.0 Å². The molecule has 0 bridgehead atoms. The first kappa shape index (κ1) is 20.3. The standard InChI is InChI=1S/C24H28N2O4/c1-15-12-19-18(9-11-29-22(19)13-16(15)2)23(27)30-21-8-10-26(24(25)28)14-20(21)17-6-4-3-5-7-17/h3-7,12-13,18,20-21H,8-11,14H2,1-2H3,(H2,25,28). The summed E-state index contributed by atoms with van der Waals surface area (Å²) in [5.74, 6) is 0.116. The summed E-state index contributed by atoms with van der Waals surface area (Å²) in [6, 6.07) is 13.5. The predicted octanol–water partition coefficient (Wildman–Crippen LogP) is 3.65. The van der Waals surface area contributed by atoms with Crippen molar-refractivity contribution in [3.63, 3.8) is 0 Å². The van der Waals surface area contributed by atoms with Crippen molar-refractivity contribution in [3.05, 3.63) is 64.7 Å². The van der Waals surface area contributed by atoms with E-state index in [2.05, 4.69) is 0 Å². The van der Waals surface area contributed by atoms with Gasteiger partial charge in [0.15, 0.2) is 0 Å². The maximum absolute atomic E-state index is 13.2. The molecular formula is C24H28N2O4. The Balaban J connectivity index is 1.56. The molecule has 0 radical (unpaired) electrons. The highest BCUT2D eigenvalue weighted by atomic mass is 16.5. The number of esters is 1. The summed E-state index contributed by atoms with van der Waals surface area (Å²) in [5, 5.41) is 0. The minimum Gasteiger partial charge on any atom is -0.493 e. The van der Waals surface area contributed by atoms with Crippen LogP contribution in [-0.4, -0.2) is 42.7 Å². The van der Waals surface area contributed by atoms with Crippen LogP contribution in [0.1, 0.15) is 46.9 Å². The summed E-state index contributed by atoms with van der Waals surface area (Å²) < 4.78 is 11.9. The number of carbonyl (C=O) groups is 2. The van der Waals surface area contributed by atoms with Crippen LogP contribution in [0.2, 0.25) is 0 Å². The quantitative estimate of drug-likeness (QED) is 0.786. The highest BCUT2D eigenvalue weighted by Gasteiger charge is 2.37. The van der Waals surface area contributed by atoms with E-state index in [4.69, 9.17) is 15.2 Å². The number of urea groups is 1. The number of rotatable bonds is 3. The number of amides is 2. The summed E-state index contributed by atoms with van der Waals surface area (Å²) in [6.45, 7) is 5.51. The molecule has 3 unspecified atom stereocenters. The van der Waals surface area contributed by atoms with Crippen LogP contribution < -0.4 is 10.5 Å². The molecule has 6 heteroatoms. The Morgan fingerprint density at radius 2 is 1.83 bits per heavy atom. The predicted molar refractivity (Wildman–Crippen MR) is 114 cm³/mol. The Hall–Kier alpha value is -3.02. The van der Waals surface area contributed by atoms with E-state index in [1.807, 2.05) is 56.3 Å². The highest BCUT2D eigenvalue weighted by Crippen LogP contribution is 2.38. The number of likely N-dealkylation sites (tertiary alicyclic amines) is 1. The van der Waals surface area contributed by atoms with Crippen LogP contribution in [0, 0.1) is 13.8 Å². The summed E-state index contributed by atoms with van der Waals surface area (Å²) in [5.41, 5.74) is 9.74. The topological polar surface area (TPSA) is 81.9 Å². The minimum atomic E-state index is -0.440. The zero-order chi connectivity index (χ0) is 21.3. The number of piperidine rings is 1. The van der Waals surface area contributed by atoms with Crippen molar-refractivity contribution in [1.29, 1.82) is 0 Å². The lowest BCUT2D eigenvalue weighted by molar-refractivity contribution is -0.154. The van der Waals surface area contributed by atoms with E-state index in [0.29, 0.717) is 32.5 Å². The molecule has 2 heterocycles. The summed E-state index contributed by atoms with van der Waals surface area (Å²) in [4.78, 5) is 26.6. The Morgan fingerprint density at radius 3 is 2.57 bits per heavy atom. The van der Waals surface area contributed by atoms with Crippen LogP contribution in [0.15, 0.2) is 42.5 Å². The number of hydrogen-bond donors (Lipinski definition) is 1. The molecular weight excluding hydrogens is 380 g/mol. The first-order chi connectivity index (χ1) is 14.4. The van der Waals surface area contributed by atoms with E-state index in [-0.39, 0.29) is 23.9 Å². The van der Waals surface area contributed by atoms with Crippen LogP contribution >= 0.6 is 0 Å². The number of hydrogen-bond acceptors (Lipinski definition) is 4. The monoisotopic (exact) mass is 408 g/mol. The Labute approximate surface area is 177 Å². The molecule has 30 heavy (non-hydrogen) atoms. The van der Waals surface area contributed by atoms with E-state index >= 15 is 0 Å². The van der Waals surface area contributed by atoms with Crippen molar-refractivity contribution >= 4 is 12.0 Å². The van der Waals surface area contributed by atoms with Gasteiger partial charge in [-0.15, -0.1) is 0 Å². The normalized spacial score (nSPS) is 23.3. The van der Waals surface area contributed by atoms with Crippen molar-refractivity contribution in [3.8, 4) is 5.75 Å². The molecule has 2 N–H and O–H groups in total. The Bertz CT molecular complexity index is 944. The van der Waals surface area contributed by atoms with Gasteiger partial charge < -0.3 is 20.1 Å². The third-order valence-electron chi connectivity index (χ3n) is 6.31. The Kier molecular flexibility index (Phi) is 5.66. The smallest absolute Gasteiger partial charge is 0.314 e. The first-order valence-corrected chi connectivity index (χ1v) is 10.5. The van der Waals surface area contributed by atoms with E-state index in [1.165, 1.54) is 0 Å². The molecule has 4 rings (SSSR count). The zero-order valence-corrected chi connectivity index (χ0v) is 17.5. The molecule has 2 aliphatic rings. The largest absolute Gasteiger partial charge is 0.493 e. The van der Waals surface area contributed by atoms with E-state index in [9.17, 15) is 9.59 Å². The van der Waals surface area contributed by atoms with Gasteiger partial charge in [0.2, 0.25) is 0 Å². The van der Waals surface area contributed by atoms with Crippen molar-refractivity contribution in [2.24, 2.45) is 5.73 Å². The second kappa shape index (κ2) is 8.38. The molecule has 1 saturated heterocycles. The van der Waals surface area contributed by atoms with Crippen molar-refractivity contribution in [2.45, 2.75) is 44.6 Å². The van der Waals surface area contributed by atoms with Gasteiger partial charge in [0, 0.05) is 31.0 Å². The van der Waals surface area contributed by atoms with Gasteiger partial charge in [0.05, 0.1) is 12.5 Å². The second-order valence-corrected chi connectivity index (χ2v) is 8.23. The molecule has 0 spiro atoms. The van der Waals surface area contributed by atoms with Crippen molar-refractivity contribution < 1.29 is 19.1 Å². The maximum Gasteiger partial charge on any atom is 0.314 e. The third kappa shape index (κ3) is 3.99. The van der Waals surface area contributed by atoms with E-state index < -0.39 is 6.03 Å². The number of nitrogens with two attached hydrogens (primary N) is 1. The number of fused-ring (bicyclic) bond motifs is 1. The summed E-state index contributed by atoms with van der Waals surface area (Å²) in [7, 11) is 0. The van der Waals surface area contributed by atoms with Crippen LogP contribution in [0.5, 0.6) is 5.75 Å². The lowest BCUT2D eigenvalue weighted by Crippen LogP contribution is -2.48. The van der Waals surface area contributed by atoms with Gasteiger partial charge in [0.1, 0.15) is 11.9 Å². The van der Waals surface area contributed by atoms with Crippen molar-refractivity contribution in [2.75, 3.05) is 19.7 Å². The molecule has 2 aromatic rings. The van der Waals surface area contributed by atoms with Gasteiger partial charge in [-0.2, -0.15) is 0 Å². The molecule has 0 aliphatic carbocycles. The van der Waals surface area contributed by atoms with Gasteiger partial charge in [-0.25, -0.2) is 4.79 Å². The molecule has 2 amide bonds. The fourth-order valence-corrected chi connectivity index (χ4v) is 4.42. The number of nitrogens with zero attached hydrogens (tertiary/aromatic N) is 1. The average Bonchev–Trinajstić information content (AvgIpc) is 2.75. The number of ether oxygens (including phenoxy) is 2. The van der Waals surface area contributed by atoms with E-state index in [0.717, 1.165) is 28.0 Å².